The summed E-state index contributed by atoms with van der Waals surface area (Å²) in [5.41, 5.74) is 1.18. The highest BCUT2D eigenvalue weighted by molar-refractivity contribution is 6.02. The van der Waals surface area contributed by atoms with Gasteiger partial charge in [-0.25, -0.2) is 0 Å². The molecule has 1 saturated heterocycles. The van der Waals surface area contributed by atoms with E-state index in [1.807, 2.05) is 30.3 Å². The van der Waals surface area contributed by atoms with Gasteiger partial charge in [-0.05, 0) is 19.1 Å². The normalized spacial score (nSPS) is 16.3. The molecule has 0 aliphatic carbocycles. The second-order valence-corrected chi connectivity index (χ2v) is 7.37. The van der Waals surface area contributed by atoms with E-state index in [1.54, 1.807) is 24.0 Å². The minimum Gasteiger partial charge on any atom is -0.493 e. The minimum atomic E-state index is -0.817. The maximum absolute atomic E-state index is 12.7. The van der Waals surface area contributed by atoms with E-state index >= 15 is 0 Å². The average molecular weight is 441 g/mol. The van der Waals surface area contributed by atoms with Crippen molar-refractivity contribution in [2.45, 2.75) is 19.4 Å². The zero-order valence-corrected chi connectivity index (χ0v) is 18.5. The summed E-state index contributed by atoms with van der Waals surface area (Å²) in [6, 6.07) is 11.6. The molecule has 1 aliphatic heterocycles. The molecule has 2 aromatic rings. The van der Waals surface area contributed by atoms with Crippen LogP contribution >= 0.6 is 0 Å². The molecule has 1 aliphatic rings. The number of amides is 3. The molecule has 9 nitrogen and oxygen atoms in total. The van der Waals surface area contributed by atoms with E-state index in [-0.39, 0.29) is 24.8 Å². The van der Waals surface area contributed by atoms with Crippen molar-refractivity contribution < 1.29 is 28.6 Å². The first-order valence-corrected chi connectivity index (χ1v) is 10.1. The summed E-state index contributed by atoms with van der Waals surface area (Å²) in [5.74, 6) is -0.219. The van der Waals surface area contributed by atoms with Gasteiger partial charge in [0.15, 0.2) is 11.5 Å². The van der Waals surface area contributed by atoms with Crippen LogP contribution in [0.5, 0.6) is 17.2 Å². The Labute approximate surface area is 186 Å². The Morgan fingerprint density at radius 3 is 2.22 bits per heavy atom. The van der Waals surface area contributed by atoms with Crippen molar-refractivity contribution >= 4 is 29.1 Å². The highest BCUT2D eigenvalue weighted by Gasteiger charge is 2.36. The first kappa shape index (κ1) is 22.9. The number of hydrogen-bond acceptors (Lipinski definition) is 6. The molecule has 1 unspecified atom stereocenters. The molecule has 0 saturated carbocycles. The molecule has 1 fully saturated rings. The summed E-state index contributed by atoms with van der Waals surface area (Å²) in [7, 11) is 4.45. The van der Waals surface area contributed by atoms with Crippen molar-refractivity contribution in [3.05, 3.63) is 42.5 Å². The van der Waals surface area contributed by atoms with Crippen LogP contribution in [0.3, 0.4) is 0 Å². The summed E-state index contributed by atoms with van der Waals surface area (Å²) in [6.45, 7) is 1.85. The number of anilines is 2. The van der Waals surface area contributed by atoms with Crippen molar-refractivity contribution in [1.29, 1.82) is 0 Å². The molecular formula is C23H27N3O6. The Morgan fingerprint density at radius 2 is 1.66 bits per heavy atom. The van der Waals surface area contributed by atoms with Crippen LogP contribution in [0.2, 0.25) is 0 Å². The van der Waals surface area contributed by atoms with E-state index in [4.69, 9.17) is 14.2 Å². The molecule has 1 heterocycles. The highest BCUT2D eigenvalue weighted by atomic mass is 16.5. The average Bonchev–Trinajstić information content (AvgIpc) is 3.20. The molecule has 9 heteroatoms. The maximum Gasteiger partial charge on any atom is 0.246 e. The van der Waals surface area contributed by atoms with E-state index in [0.29, 0.717) is 22.9 Å². The summed E-state index contributed by atoms with van der Waals surface area (Å²) >= 11 is 0. The van der Waals surface area contributed by atoms with Crippen molar-refractivity contribution in [3.63, 3.8) is 0 Å². The number of nitrogens with zero attached hydrogens (tertiary/aromatic N) is 1. The van der Waals surface area contributed by atoms with Crippen molar-refractivity contribution in [3.8, 4) is 17.2 Å². The van der Waals surface area contributed by atoms with Gasteiger partial charge in [-0.3, -0.25) is 14.4 Å². The number of methoxy groups -OCH3 is 3. The molecule has 0 aromatic heterocycles. The fourth-order valence-corrected chi connectivity index (χ4v) is 3.54. The van der Waals surface area contributed by atoms with Gasteiger partial charge < -0.3 is 29.7 Å². The van der Waals surface area contributed by atoms with E-state index < -0.39 is 17.9 Å². The molecule has 32 heavy (non-hydrogen) atoms. The first-order chi connectivity index (χ1) is 15.4. The van der Waals surface area contributed by atoms with E-state index in [9.17, 15) is 14.4 Å². The molecule has 0 radical (unpaired) electrons. The van der Waals surface area contributed by atoms with Gasteiger partial charge in [0, 0.05) is 36.5 Å². The van der Waals surface area contributed by atoms with Gasteiger partial charge in [0.25, 0.3) is 0 Å². The molecule has 2 N–H and O–H groups in total. The van der Waals surface area contributed by atoms with Gasteiger partial charge >= 0.3 is 0 Å². The fraction of sp³-hybridized carbons (Fsp3) is 0.348. The van der Waals surface area contributed by atoms with E-state index in [2.05, 4.69) is 10.6 Å². The summed E-state index contributed by atoms with van der Waals surface area (Å²) in [4.78, 5) is 39.3. The third kappa shape index (κ3) is 4.93. The number of ether oxygens (including phenoxy) is 3. The maximum atomic E-state index is 12.7. The predicted octanol–water partition coefficient (Wildman–Crippen LogP) is 2.21. The van der Waals surface area contributed by atoms with Crippen LogP contribution in [-0.2, 0) is 14.4 Å². The SMILES string of the molecule is COc1cc(NC(=O)[C@H](C)NC(=O)C2CC(=O)N(c3ccccc3)C2)cc(OC)c1OC. The van der Waals surface area contributed by atoms with E-state index in [1.165, 1.54) is 21.3 Å². The number of carbonyl (C=O) groups excluding carboxylic acids is 3. The lowest BCUT2D eigenvalue weighted by Gasteiger charge is -2.19. The molecule has 2 atom stereocenters. The highest BCUT2D eigenvalue weighted by Crippen LogP contribution is 2.40. The standard InChI is InChI=1S/C23H27N3O6/c1-14(22(28)25-16-11-18(30-2)21(32-4)19(12-16)31-3)24-23(29)15-10-20(27)26(13-15)17-8-6-5-7-9-17/h5-9,11-12,14-15H,10,13H2,1-4H3,(H,24,29)(H,25,28)/t14-,15?/m0/s1. The number of carbonyl (C=O) groups is 3. The molecule has 0 spiro atoms. The first-order valence-electron chi connectivity index (χ1n) is 10.1. The molecule has 3 rings (SSSR count). The Hall–Kier alpha value is -3.75. The predicted molar refractivity (Wildman–Crippen MR) is 119 cm³/mol. The van der Waals surface area contributed by atoms with E-state index in [0.717, 1.165) is 5.69 Å². The van der Waals surface area contributed by atoms with Crippen LogP contribution in [0.15, 0.2) is 42.5 Å². The molecular weight excluding hydrogens is 414 g/mol. The van der Waals surface area contributed by atoms with Crippen molar-refractivity contribution in [2.75, 3.05) is 38.1 Å². The third-order valence-electron chi connectivity index (χ3n) is 5.25. The van der Waals surface area contributed by atoms with Crippen LogP contribution < -0.4 is 29.7 Å². The Bertz CT molecular complexity index is 969. The Morgan fingerprint density at radius 1 is 1.03 bits per heavy atom. The zero-order valence-electron chi connectivity index (χ0n) is 18.5. The number of hydrogen-bond donors (Lipinski definition) is 2. The monoisotopic (exact) mass is 441 g/mol. The Kier molecular flexibility index (Phi) is 7.19. The van der Waals surface area contributed by atoms with Crippen LogP contribution in [0.25, 0.3) is 0 Å². The third-order valence-corrected chi connectivity index (χ3v) is 5.25. The summed E-state index contributed by atoms with van der Waals surface area (Å²) in [6.07, 6.45) is 0.0992. The number of rotatable bonds is 8. The summed E-state index contributed by atoms with van der Waals surface area (Å²) < 4.78 is 15.8. The van der Waals surface area contributed by atoms with Crippen LogP contribution in [0.1, 0.15) is 13.3 Å². The second-order valence-electron chi connectivity index (χ2n) is 7.37. The molecule has 2 aromatic carbocycles. The van der Waals surface area contributed by atoms with Gasteiger partial charge in [-0.2, -0.15) is 0 Å². The molecule has 3 amide bonds. The summed E-state index contributed by atoms with van der Waals surface area (Å²) in [5, 5.41) is 5.43. The van der Waals surface area contributed by atoms with Gasteiger partial charge in [0.1, 0.15) is 6.04 Å². The van der Waals surface area contributed by atoms with Crippen molar-refractivity contribution in [1.82, 2.24) is 5.32 Å². The number of nitrogens with one attached hydrogen (secondary N) is 2. The van der Waals surface area contributed by atoms with Gasteiger partial charge in [-0.15, -0.1) is 0 Å². The van der Waals surface area contributed by atoms with Crippen LogP contribution in [-0.4, -0.2) is 51.6 Å². The van der Waals surface area contributed by atoms with Crippen LogP contribution in [0, 0.1) is 5.92 Å². The minimum absolute atomic E-state index is 0.0992. The molecule has 170 valence electrons. The number of benzene rings is 2. The lowest BCUT2D eigenvalue weighted by Crippen LogP contribution is -2.44. The van der Waals surface area contributed by atoms with Gasteiger partial charge in [0.05, 0.1) is 27.2 Å². The van der Waals surface area contributed by atoms with Gasteiger partial charge in [-0.1, -0.05) is 18.2 Å². The topological polar surface area (TPSA) is 106 Å². The Balaban J connectivity index is 1.62. The second kappa shape index (κ2) is 10.0. The smallest absolute Gasteiger partial charge is 0.246 e. The van der Waals surface area contributed by atoms with Gasteiger partial charge in [0.2, 0.25) is 23.5 Å². The van der Waals surface area contributed by atoms with Crippen molar-refractivity contribution in [2.24, 2.45) is 5.92 Å². The number of para-hydroxylation sites is 1. The fourth-order valence-electron chi connectivity index (χ4n) is 3.54. The largest absolute Gasteiger partial charge is 0.493 e. The van der Waals surface area contributed by atoms with Crippen LogP contribution in [0.4, 0.5) is 11.4 Å². The lowest BCUT2D eigenvalue weighted by atomic mass is 10.1. The molecule has 0 bridgehead atoms. The lowest BCUT2D eigenvalue weighted by molar-refractivity contribution is -0.129. The zero-order chi connectivity index (χ0) is 23.3. The quantitative estimate of drug-likeness (QED) is 0.651.